The van der Waals surface area contributed by atoms with Gasteiger partial charge < -0.3 is 19.7 Å². The van der Waals surface area contributed by atoms with Crippen LogP contribution in [-0.2, 0) is 14.3 Å². The molecule has 0 aromatic carbocycles. The van der Waals surface area contributed by atoms with Gasteiger partial charge in [0.2, 0.25) is 5.91 Å². The summed E-state index contributed by atoms with van der Waals surface area (Å²) in [6.45, 7) is 7.29. The Bertz CT molecular complexity index is 295. The first kappa shape index (κ1) is 15.7. The highest BCUT2D eigenvalue weighted by Crippen LogP contribution is 2.19. The van der Waals surface area contributed by atoms with Crippen molar-refractivity contribution in [2.24, 2.45) is 0 Å². The molecule has 2 saturated heterocycles. The van der Waals surface area contributed by atoms with Gasteiger partial charge in [-0.2, -0.15) is 0 Å². The molecule has 2 fully saturated rings. The Kier molecular flexibility index (Phi) is 6.72. The van der Waals surface area contributed by atoms with Gasteiger partial charge in [-0.25, -0.2) is 0 Å². The highest BCUT2D eigenvalue weighted by atomic mass is 16.5. The minimum atomic E-state index is 0.0686. The normalized spacial score (nSPS) is 24.2. The van der Waals surface area contributed by atoms with Crippen LogP contribution >= 0.6 is 0 Å². The Morgan fingerprint density at radius 1 is 1.20 bits per heavy atom. The molecule has 0 radical (unpaired) electrons. The molecule has 2 aliphatic rings. The van der Waals surface area contributed by atoms with Crippen LogP contribution in [0.1, 0.15) is 12.8 Å². The molecular formula is C14H27N3O3. The molecule has 116 valence electrons. The number of carbonyl (C=O) groups is 1. The summed E-state index contributed by atoms with van der Waals surface area (Å²) < 4.78 is 10.5. The number of ether oxygens (including phenoxy) is 2. The smallest absolute Gasteiger partial charge is 0.240 e. The van der Waals surface area contributed by atoms with Crippen molar-refractivity contribution in [3.8, 4) is 0 Å². The van der Waals surface area contributed by atoms with E-state index in [1.807, 2.05) is 4.90 Å². The number of amides is 1. The minimum Gasteiger partial charge on any atom is -0.382 e. The fraction of sp³-hybridized carbons (Fsp3) is 0.929. The van der Waals surface area contributed by atoms with E-state index in [0.717, 1.165) is 52.1 Å². The van der Waals surface area contributed by atoms with Gasteiger partial charge in [0.05, 0.1) is 25.9 Å². The van der Waals surface area contributed by atoms with Crippen molar-refractivity contribution < 1.29 is 14.3 Å². The molecule has 0 aromatic heterocycles. The van der Waals surface area contributed by atoms with E-state index in [9.17, 15) is 4.79 Å². The number of methoxy groups -OCH3 is 1. The van der Waals surface area contributed by atoms with Gasteiger partial charge in [0, 0.05) is 39.8 Å². The van der Waals surface area contributed by atoms with Crippen LogP contribution in [0.4, 0.5) is 0 Å². The zero-order valence-corrected chi connectivity index (χ0v) is 12.5. The molecule has 0 aliphatic carbocycles. The van der Waals surface area contributed by atoms with Gasteiger partial charge in [0.15, 0.2) is 0 Å². The maximum Gasteiger partial charge on any atom is 0.240 e. The van der Waals surface area contributed by atoms with Crippen LogP contribution in [-0.4, -0.2) is 87.9 Å². The topological polar surface area (TPSA) is 54.0 Å². The lowest BCUT2D eigenvalue weighted by molar-refractivity contribution is -0.136. The van der Waals surface area contributed by atoms with Crippen LogP contribution in [0.15, 0.2) is 0 Å². The average Bonchev–Trinajstić information content (AvgIpc) is 2.95. The van der Waals surface area contributed by atoms with E-state index in [-0.39, 0.29) is 6.04 Å². The second-order valence-corrected chi connectivity index (χ2v) is 5.37. The van der Waals surface area contributed by atoms with Gasteiger partial charge in [-0.1, -0.05) is 0 Å². The van der Waals surface area contributed by atoms with Crippen molar-refractivity contribution in [3.63, 3.8) is 0 Å². The fourth-order valence-corrected chi connectivity index (χ4v) is 2.90. The summed E-state index contributed by atoms with van der Waals surface area (Å²) in [6.07, 6.45) is 2.10. The van der Waals surface area contributed by atoms with E-state index in [4.69, 9.17) is 9.47 Å². The maximum atomic E-state index is 12.5. The lowest BCUT2D eigenvalue weighted by atomic mass is 10.1. The molecule has 6 heteroatoms. The van der Waals surface area contributed by atoms with Gasteiger partial charge in [0.25, 0.3) is 0 Å². The monoisotopic (exact) mass is 285 g/mol. The van der Waals surface area contributed by atoms with Crippen LogP contribution in [0.3, 0.4) is 0 Å². The SMILES string of the molecule is COCCOCCN1CCCC1C(=O)N1CCNCC1. The number of nitrogens with zero attached hydrogens (tertiary/aromatic N) is 2. The molecule has 2 aliphatic heterocycles. The van der Waals surface area contributed by atoms with Gasteiger partial charge >= 0.3 is 0 Å². The Hall–Kier alpha value is -0.690. The molecule has 0 spiro atoms. The molecular weight excluding hydrogens is 258 g/mol. The summed E-state index contributed by atoms with van der Waals surface area (Å²) in [5.41, 5.74) is 0. The average molecular weight is 285 g/mol. The van der Waals surface area contributed by atoms with Crippen LogP contribution in [0.5, 0.6) is 0 Å². The number of likely N-dealkylation sites (tertiary alicyclic amines) is 1. The first-order valence-corrected chi connectivity index (χ1v) is 7.63. The first-order valence-electron chi connectivity index (χ1n) is 7.63. The molecule has 2 heterocycles. The van der Waals surface area contributed by atoms with Gasteiger partial charge in [-0.05, 0) is 19.4 Å². The molecule has 1 amide bonds. The molecule has 2 rings (SSSR count). The van der Waals surface area contributed by atoms with Crippen molar-refractivity contribution >= 4 is 5.91 Å². The second-order valence-electron chi connectivity index (χ2n) is 5.37. The van der Waals surface area contributed by atoms with Crippen LogP contribution in [0.2, 0.25) is 0 Å². The third-order valence-corrected chi connectivity index (χ3v) is 4.03. The van der Waals surface area contributed by atoms with Gasteiger partial charge in [0.1, 0.15) is 0 Å². The zero-order chi connectivity index (χ0) is 14.2. The third kappa shape index (κ3) is 4.41. The Labute approximate surface area is 121 Å². The van der Waals surface area contributed by atoms with E-state index in [1.165, 1.54) is 0 Å². The summed E-state index contributed by atoms with van der Waals surface area (Å²) in [4.78, 5) is 16.8. The zero-order valence-electron chi connectivity index (χ0n) is 12.5. The quantitative estimate of drug-likeness (QED) is 0.642. The Morgan fingerprint density at radius 3 is 2.75 bits per heavy atom. The van der Waals surface area contributed by atoms with E-state index < -0.39 is 0 Å². The number of hydrogen-bond acceptors (Lipinski definition) is 5. The number of piperazine rings is 1. The molecule has 1 atom stereocenters. The highest BCUT2D eigenvalue weighted by Gasteiger charge is 2.33. The summed E-state index contributed by atoms with van der Waals surface area (Å²) in [7, 11) is 1.67. The number of nitrogens with one attached hydrogen (secondary N) is 1. The van der Waals surface area contributed by atoms with Crippen molar-refractivity contribution in [2.45, 2.75) is 18.9 Å². The van der Waals surface area contributed by atoms with Crippen molar-refractivity contribution in [1.82, 2.24) is 15.1 Å². The van der Waals surface area contributed by atoms with E-state index >= 15 is 0 Å². The van der Waals surface area contributed by atoms with Gasteiger partial charge in [-0.15, -0.1) is 0 Å². The van der Waals surface area contributed by atoms with Crippen molar-refractivity contribution in [3.05, 3.63) is 0 Å². The maximum absolute atomic E-state index is 12.5. The molecule has 1 N–H and O–H groups in total. The third-order valence-electron chi connectivity index (χ3n) is 4.03. The van der Waals surface area contributed by atoms with Gasteiger partial charge in [-0.3, -0.25) is 9.69 Å². The minimum absolute atomic E-state index is 0.0686. The Balaban J connectivity index is 1.73. The summed E-state index contributed by atoms with van der Waals surface area (Å²) in [6, 6.07) is 0.0686. The molecule has 0 saturated carbocycles. The molecule has 0 aromatic rings. The van der Waals surface area contributed by atoms with E-state index in [0.29, 0.717) is 25.7 Å². The van der Waals surface area contributed by atoms with E-state index in [1.54, 1.807) is 7.11 Å². The molecule has 0 bridgehead atoms. The lowest BCUT2D eigenvalue weighted by Gasteiger charge is -2.32. The highest BCUT2D eigenvalue weighted by molar-refractivity contribution is 5.82. The first-order chi connectivity index (χ1) is 9.83. The van der Waals surface area contributed by atoms with Crippen LogP contribution < -0.4 is 5.32 Å². The molecule has 20 heavy (non-hydrogen) atoms. The standard InChI is InChI=1S/C14H27N3O3/c1-19-11-12-20-10-9-16-6-2-3-13(16)14(18)17-7-4-15-5-8-17/h13,15H,2-12H2,1H3. The predicted octanol–water partition coefficient (Wildman–Crippen LogP) is -0.454. The summed E-state index contributed by atoms with van der Waals surface area (Å²) in [5.74, 6) is 0.306. The summed E-state index contributed by atoms with van der Waals surface area (Å²) >= 11 is 0. The number of rotatable bonds is 7. The van der Waals surface area contributed by atoms with E-state index in [2.05, 4.69) is 10.2 Å². The molecule has 1 unspecified atom stereocenters. The largest absolute Gasteiger partial charge is 0.382 e. The second kappa shape index (κ2) is 8.56. The molecule has 6 nitrogen and oxygen atoms in total. The number of carbonyl (C=O) groups excluding carboxylic acids is 1. The summed E-state index contributed by atoms with van der Waals surface area (Å²) in [5, 5.41) is 3.29. The van der Waals surface area contributed by atoms with Crippen LogP contribution in [0.25, 0.3) is 0 Å². The number of hydrogen-bond donors (Lipinski definition) is 1. The van der Waals surface area contributed by atoms with Crippen molar-refractivity contribution in [1.29, 1.82) is 0 Å². The lowest BCUT2D eigenvalue weighted by Crippen LogP contribution is -2.52. The van der Waals surface area contributed by atoms with Crippen molar-refractivity contribution in [2.75, 3.05) is 66.2 Å². The Morgan fingerprint density at radius 2 is 2.00 bits per heavy atom. The fourth-order valence-electron chi connectivity index (χ4n) is 2.90. The predicted molar refractivity (Wildman–Crippen MR) is 76.7 cm³/mol. The van der Waals surface area contributed by atoms with Crippen LogP contribution in [0, 0.1) is 0 Å².